The molecule has 3 rings (SSSR count). The van der Waals surface area contributed by atoms with E-state index in [1.54, 1.807) is 12.2 Å². The van der Waals surface area contributed by atoms with E-state index in [0.717, 1.165) is 28.7 Å². The molecule has 0 radical (unpaired) electrons. The minimum Gasteiger partial charge on any atom is -0.545 e. The number of aromatic nitrogens is 1. The number of hydrogen-bond donors (Lipinski definition) is 0. The summed E-state index contributed by atoms with van der Waals surface area (Å²) in [6, 6.07) is 17.2. The largest absolute Gasteiger partial charge is 0.545 e. The van der Waals surface area contributed by atoms with Gasteiger partial charge in [0.1, 0.15) is 23.8 Å². The fourth-order valence-electron chi connectivity index (χ4n) is 2.39. The molecular weight excluding hydrogens is 342 g/mol. The number of aliphatic carboxylic acids is 1. The summed E-state index contributed by atoms with van der Waals surface area (Å²) in [4.78, 5) is 14.8. The molecule has 0 aliphatic heterocycles. The van der Waals surface area contributed by atoms with Crippen molar-refractivity contribution in [3.8, 4) is 17.2 Å². The van der Waals surface area contributed by atoms with Crippen LogP contribution in [-0.2, 0) is 11.4 Å². The van der Waals surface area contributed by atoms with Gasteiger partial charge in [-0.15, -0.1) is 0 Å². The minimum atomic E-state index is -1.22. The van der Waals surface area contributed by atoms with E-state index in [0.29, 0.717) is 18.2 Å². The summed E-state index contributed by atoms with van der Waals surface area (Å²) in [5.41, 5.74) is 2.61. The van der Waals surface area contributed by atoms with Crippen LogP contribution in [0.4, 0.5) is 0 Å². The Bertz CT molecular complexity index is 954. The zero-order chi connectivity index (χ0) is 19.1. The summed E-state index contributed by atoms with van der Waals surface area (Å²) in [5.74, 6) is 0.799. The van der Waals surface area contributed by atoms with E-state index in [4.69, 9.17) is 9.15 Å². The Morgan fingerprint density at radius 1 is 1.11 bits per heavy atom. The highest BCUT2D eigenvalue weighted by Gasteiger charge is 2.11. The first-order valence-electron chi connectivity index (χ1n) is 8.42. The number of ether oxygens (including phenoxy) is 1. The van der Waals surface area contributed by atoms with Crippen molar-refractivity contribution in [3.05, 3.63) is 89.8 Å². The normalized spacial score (nSPS) is 11.3. The minimum absolute atomic E-state index is 0.311. The van der Waals surface area contributed by atoms with Crippen molar-refractivity contribution in [2.45, 2.75) is 13.5 Å². The zero-order valence-electron chi connectivity index (χ0n) is 14.8. The molecule has 0 bridgehead atoms. The number of nitrogens with zero attached hydrogens (tertiary/aromatic N) is 1. The molecule has 0 saturated carbocycles. The molecule has 0 N–H and O–H groups in total. The van der Waals surface area contributed by atoms with Gasteiger partial charge in [-0.05, 0) is 42.8 Å². The van der Waals surface area contributed by atoms with E-state index in [-0.39, 0.29) is 0 Å². The zero-order valence-corrected chi connectivity index (χ0v) is 14.8. The molecule has 0 spiro atoms. The quantitative estimate of drug-likeness (QED) is 0.476. The Labute approximate surface area is 157 Å². The molecule has 0 unspecified atom stereocenters. The number of aryl methyl sites for hydroxylation is 1. The second-order valence-electron chi connectivity index (χ2n) is 5.78. The van der Waals surface area contributed by atoms with Crippen molar-refractivity contribution >= 4 is 12.0 Å². The van der Waals surface area contributed by atoms with Crippen LogP contribution in [-0.4, -0.2) is 11.0 Å². The number of rotatable bonds is 7. The monoisotopic (exact) mass is 360 g/mol. The Balaban J connectivity index is 1.60. The predicted molar refractivity (Wildman–Crippen MR) is 101 cm³/mol. The molecule has 136 valence electrons. The molecule has 5 heteroatoms. The SMILES string of the molecule is Cc1oc(-c2ccccc2)nc1COc1ccc(/C=C/C=C/C(=O)[O-])cc1. The maximum atomic E-state index is 10.3. The standard InChI is InChI=1S/C22H19NO4/c1-16-20(23-22(27-16)18-8-3-2-4-9-18)15-26-19-13-11-17(12-14-19)7-5-6-10-21(24)25/h2-14H,15H2,1H3,(H,24,25)/p-1/b7-5+,10-6+. The van der Waals surface area contributed by atoms with Gasteiger partial charge in [-0.1, -0.05) is 48.6 Å². The number of oxazole rings is 1. The van der Waals surface area contributed by atoms with Crippen LogP contribution in [0.2, 0.25) is 0 Å². The lowest BCUT2D eigenvalue weighted by Gasteiger charge is -2.04. The van der Waals surface area contributed by atoms with Crippen molar-refractivity contribution in [2.24, 2.45) is 0 Å². The predicted octanol–water partition coefficient (Wildman–Crippen LogP) is 3.55. The van der Waals surface area contributed by atoms with E-state index in [9.17, 15) is 9.90 Å². The maximum Gasteiger partial charge on any atom is 0.226 e. The maximum absolute atomic E-state index is 10.3. The average molecular weight is 360 g/mol. The van der Waals surface area contributed by atoms with Crippen LogP contribution >= 0.6 is 0 Å². The Morgan fingerprint density at radius 3 is 2.56 bits per heavy atom. The molecule has 0 amide bonds. The average Bonchev–Trinajstić information content (AvgIpc) is 3.06. The number of hydrogen-bond acceptors (Lipinski definition) is 5. The van der Waals surface area contributed by atoms with Crippen molar-refractivity contribution in [2.75, 3.05) is 0 Å². The van der Waals surface area contributed by atoms with Crippen LogP contribution in [0.5, 0.6) is 5.75 Å². The molecule has 0 aliphatic rings. The van der Waals surface area contributed by atoms with Gasteiger partial charge >= 0.3 is 0 Å². The first-order valence-corrected chi connectivity index (χ1v) is 8.42. The smallest absolute Gasteiger partial charge is 0.226 e. The van der Waals surface area contributed by atoms with Crippen molar-refractivity contribution < 1.29 is 19.1 Å². The summed E-state index contributed by atoms with van der Waals surface area (Å²) in [5, 5.41) is 10.3. The molecule has 5 nitrogen and oxygen atoms in total. The molecule has 27 heavy (non-hydrogen) atoms. The lowest BCUT2D eigenvalue weighted by Crippen LogP contribution is -2.18. The molecule has 0 fully saturated rings. The molecule has 0 aliphatic carbocycles. The van der Waals surface area contributed by atoms with Crippen LogP contribution in [0.3, 0.4) is 0 Å². The number of benzene rings is 2. The van der Waals surface area contributed by atoms with Crippen molar-refractivity contribution in [1.82, 2.24) is 4.98 Å². The third-order valence-electron chi connectivity index (χ3n) is 3.80. The van der Waals surface area contributed by atoms with Crippen LogP contribution in [0, 0.1) is 6.92 Å². The van der Waals surface area contributed by atoms with Crippen LogP contribution in [0.15, 0.2) is 77.2 Å². The second-order valence-corrected chi connectivity index (χ2v) is 5.78. The molecule has 0 atom stereocenters. The van der Waals surface area contributed by atoms with E-state index in [1.807, 2.05) is 61.5 Å². The summed E-state index contributed by atoms with van der Waals surface area (Å²) in [6.45, 7) is 2.18. The van der Waals surface area contributed by atoms with Gasteiger partial charge in [0, 0.05) is 5.56 Å². The van der Waals surface area contributed by atoms with E-state index in [2.05, 4.69) is 4.98 Å². The second kappa shape index (κ2) is 8.67. The van der Waals surface area contributed by atoms with Gasteiger partial charge in [-0.3, -0.25) is 0 Å². The van der Waals surface area contributed by atoms with E-state index >= 15 is 0 Å². The number of allylic oxidation sites excluding steroid dienone is 2. The topological polar surface area (TPSA) is 75.4 Å². The van der Waals surface area contributed by atoms with E-state index in [1.165, 1.54) is 6.08 Å². The molecule has 1 aromatic heterocycles. The highest BCUT2D eigenvalue weighted by molar-refractivity contribution is 5.78. The number of carbonyl (C=O) groups is 1. The Morgan fingerprint density at radius 2 is 1.85 bits per heavy atom. The lowest BCUT2D eigenvalue weighted by molar-refractivity contribution is -0.297. The van der Waals surface area contributed by atoms with Crippen LogP contribution < -0.4 is 9.84 Å². The molecule has 2 aromatic carbocycles. The van der Waals surface area contributed by atoms with Crippen LogP contribution in [0.1, 0.15) is 17.0 Å². The summed E-state index contributed by atoms with van der Waals surface area (Å²) >= 11 is 0. The van der Waals surface area contributed by atoms with Gasteiger partial charge < -0.3 is 19.1 Å². The number of carbonyl (C=O) groups excluding carboxylic acids is 1. The summed E-state index contributed by atoms with van der Waals surface area (Å²) < 4.78 is 11.5. The van der Waals surface area contributed by atoms with Crippen molar-refractivity contribution in [3.63, 3.8) is 0 Å². The Hall–Kier alpha value is -3.60. The highest BCUT2D eigenvalue weighted by Crippen LogP contribution is 2.22. The van der Waals surface area contributed by atoms with Gasteiger partial charge in [-0.2, -0.15) is 0 Å². The van der Waals surface area contributed by atoms with Crippen molar-refractivity contribution in [1.29, 1.82) is 0 Å². The van der Waals surface area contributed by atoms with Gasteiger partial charge in [0.15, 0.2) is 0 Å². The summed E-state index contributed by atoms with van der Waals surface area (Å²) in [6.07, 6.45) is 5.81. The van der Waals surface area contributed by atoms with Crippen LogP contribution in [0.25, 0.3) is 17.5 Å². The molecule has 0 saturated heterocycles. The third kappa shape index (κ3) is 5.19. The molecule has 1 heterocycles. The Kier molecular flexibility index (Phi) is 5.84. The fourth-order valence-corrected chi connectivity index (χ4v) is 2.39. The molecule has 3 aromatic rings. The van der Waals surface area contributed by atoms with Gasteiger partial charge in [0.25, 0.3) is 0 Å². The van der Waals surface area contributed by atoms with E-state index < -0.39 is 5.97 Å². The highest BCUT2D eigenvalue weighted by atomic mass is 16.5. The third-order valence-corrected chi connectivity index (χ3v) is 3.80. The van der Waals surface area contributed by atoms with Gasteiger partial charge in [-0.25, -0.2) is 4.98 Å². The number of carboxylic acid groups (broad SMARTS) is 1. The fraction of sp³-hybridized carbons (Fsp3) is 0.0909. The lowest BCUT2D eigenvalue weighted by atomic mass is 10.2. The van der Waals surface area contributed by atoms with Gasteiger partial charge in [0.05, 0.1) is 5.97 Å². The first kappa shape index (κ1) is 18.2. The van der Waals surface area contributed by atoms with Gasteiger partial charge in [0.2, 0.25) is 5.89 Å². The molecular formula is C22H18NO4-. The summed E-state index contributed by atoms with van der Waals surface area (Å²) in [7, 11) is 0. The first-order chi connectivity index (χ1) is 13.1. The number of carboxylic acids is 1.